The van der Waals surface area contributed by atoms with Gasteiger partial charge in [0.2, 0.25) is 0 Å². The molecule has 0 saturated heterocycles. The molecule has 0 atom stereocenters. The van der Waals surface area contributed by atoms with Gasteiger partial charge >= 0.3 is 0 Å². The molecule has 21 heavy (non-hydrogen) atoms. The van der Waals surface area contributed by atoms with Crippen LogP contribution in [0.15, 0.2) is 29.3 Å². The number of nitrogens with zero attached hydrogens (tertiary/aromatic N) is 1. The van der Waals surface area contributed by atoms with Crippen LogP contribution in [-0.4, -0.2) is 31.5 Å². The van der Waals surface area contributed by atoms with Gasteiger partial charge in [0.1, 0.15) is 0 Å². The molecule has 1 aromatic carbocycles. The molecule has 0 aliphatic rings. The number of hydrogen-bond acceptors (Lipinski definition) is 2. The van der Waals surface area contributed by atoms with Crippen LogP contribution in [0.4, 0.5) is 0 Å². The summed E-state index contributed by atoms with van der Waals surface area (Å²) < 4.78 is 0. The Morgan fingerprint density at radius 1 is 1.29 bits per heavy atom. The maximum absolute atomic E-state index is 11.8. The third-order valence-corrected chi connectivity index (χ3v) is 2.79. The van der Waals surface area contributed by atoms with Crippen molar-refractivity contribution < 1.29 is 4.79 Å². The lowest BCUT2D eigenvalue weighted by molar-refractivity contribution is 0.0954. The van der Waals surface area contributed by atoms with Crippen molar-refractivity contribution in [2.45, 2.75) is 13.8 Å². The zero-order valence-electron chi connectivity index (χ0n) is 12.2. The molecule has 0 radical (unpaired) electrons. The first-order chi connectivity index (χ1) is 9.50. The molecule has 0 bridgehead atoms. The number of nitrogens with one attached hydrogen (secondary N) is 2. The summed E-state index contributed by atoms with van der Waals surface area (Å²) in [4.78, 5) is 16.0. The van der Waals surface area contributed by atoms with Crippen molar-refractivity contribution in [2.75, 3.05) is 19.6 Å². The molecule has 0 unspecified atom stereocenters. The van der Waals surface area contributed by atoms with Gasteiger partial charge < -0.3 is 16.4 Å². The predicted molar refractivity (Wildman–Crippen MR) is 98.5 cm³/mol. The second-order valence-electron chi connectivity index (χ2n) is 4.78. The number of rotatable bonds is 6. The Bertz CT molecular complexity index is 480. The van der Waals surface area contributed by atoms with Crippen molar-refractivity contribution in [3.05, 3.63) is 34.9 Å². The molecule has 0 fully saturated rings. The largest absolute Gasteiger partial charge is 0.370 e. The fourth-order valence-corrected chi connectivity index (χ4v) is 1.67. The molecular weight excluding hydrogens is 403 g/mol. The minimum atomic E-state index is -0.199. The lowest BCUT2D eigenvalue weighted by atomic mass is 10.2. The molecule has 118 valence electrons. The van der Waals surface area contributed by atoms with E-state index in [1.165, 1.54) is 0 Å². The van der Waals surface area contributed by atoms with Crippen molar-refractivity contribution in [2.24, 2.45) is 16.6 Å². The van der Waals surface area contributed by atoms with Gasteiger partial charge in [0.05, 0.1) is 10.6 Å². The van der Waals surface area contributed by atoms with Crippen molar-refractivity contribution in [3.63, 3.8) is 0 Å². The number of carbonyl (C=O) groups is 1. The third kappa shape index (κ3) is 8.11. The Labute approximate surface area is 147 Å². The van der Waals surface area contributed by atoms with E-state index in [0.717, 1.165) is 0 Å². The molecule has 1 aromatic rings. The summed E-state index contributed by atoms with van der Waals surface area (Å²) in [6, 6.07) is 6.93. The van der Waals surface area contributed by atoms with Crippen LogP contribution in [0.1, 0.15) is 24.2 Å². The zero-order valence-corrected chi connectivity index (χ0v) is 15.3. The van der Waals surface area contributed by atoms with Crippen LogP contribution >= 0.6 is 35.6 Å². The van der Waals surface area contributed by atoms with E-state index in [1.54, 1.807) is 24.3 Å². The number of guanidine groups is 1. The molecule has 0 saturated carbocycles. The van der Waals surface area contributed by atoms with Gasteiger partial charge in [-0.3, -0.25) is 9.79 Å². The van der Waals surface area contributed by atoms with Gasteiger partial charge in [0.25, 0.3) is 5.91 Å². The highest BCUT2D eigenvalue weighted by Gasteiger charge is 2.08. The van der Waals surface area contributed by atoms with E-state index in [-0.39, 0.29) is 29.9 Å². The van der Waals surface area contributed by atoms with Crippen LogP contribution in [0.5, 0.6) is 0 Å². The summed E-state index contributed by atoms with van der Waals surface area (Å²) in [6.45, 7) is 5.79. The summed E-state index contributed by atoms with van der Waals surface area (Å²) in [5, 5.41) is 6.14. The van der Waals surface area contributed by atoms with Crippen LogP contribution < -0.4 is 16.4 Å². The van der Waals surface area contributed by atoms with E-state index in [0.29, 0.717) is 42.1 Å². The Balaban J connectivity index is 0.00000400. The highest BCUT2D eigenvalue weighted by atomic mass is 127. The highest BCUT2D eigenvalue weighted by Crippen LogP contribution is 2.14. The van der Waals surface area contributed by atoms with Gasteiger partial charge in [0.15, 0.2) is 5.96 Å². The lowest BCUT2D eigenvalue weighted by Gasteiger charge is -2.08. The number of benzene rings is 1. The monoisotopic (exact) mass is 424 g/mol. The van der Waals surface area contributed by atoms with Gasteiger partial charge in [0, 0.05) is 19.6 Å². The average molecular weight is 425 g/mol. The van der Waals surface area contributed by atoms with Crippen molar-refractivity contribution in [3.8, 4) is 0 Å². The van der Waals surface area contributed by atoms with Gasteiger partial charge in [-0.05, 0) is 18.1 Å². The van der Waals surface area contributed by atoms with Crippen LogP contribution in [0.25, 0.3) is 0 Å². The second-order valence-corrected chi connectivity index (χ2v) is 5.19. The van der Waals surface area contributed by atoms with E-state index in [2.05, 4.69) is 29.5 Å². The first kappa shape index (κ1) is 20.0. The molecule has 0 aliphatic heterocycles. The summed E-state index contributed by atoms with van der Waals surface area (Å²) >= 11 is 5.94. The Morgan fingerprint density at radius 2 is 1.90 bits per heavy atom. The fraction of sp³-hybridized carbons (Fsp3) is 0.429. The van der Waals surface area contributed by atoms with Crippen molar-refractivity contribution >= 4 is 47.4 Å². The number of halogens is 2. The molecule has 5 nitrogen and oxygen atoms in total. The van der Waals surface area contributed by atoms with E-state index < -0.39 is 0 Å². The van der Waals surface area contributed by atoms with Crippen LogP contribution in [0.3, 0.4) is 0 Å². The second kappa shape index (κ2) is 10.7. The smallest absolute Gasteiger partial charge is 0.252 e. The van der Waals surface area contributed by atoms with Crippen LogP contribution in [0.2, 0.25) is 5.02 Å². The first-order valence-electron chi connectivity index (χ1n) is 6.57. The zero-order chi connectivity index (χ0) is 15.0. The van der Waals surface area contributed by atoms with Gasteiger partial charge in [-0.25, -0.2) is 0 Å². The topological polar surface area (TPSA) is 79.5 Å². The Morgan fingerprint density at radius 3 is 2.52 bits per heavy atom. The number of amides is 1. The molecule has 0 spiro atoms. The summed E-state index contributed by atoms with van der Waals surface area (Å²) in [5.41, 5.74) is 6.15. The standard InChI is InChI=1S/C14H21ClN4O.HI/c1-10(2)9-19-14(16)18-8-7-17-13(20)11-5-3-4-6-12(11)15;/h3-6,10H,7-9H2,1-2H3,(H,17,20)(H3,16,18,19);1H. The van der Waals surface area contributed by atoms with Crippen LogP contribution in [0, 0.1) is 5.92 Å². The summed E-state index contributed by atoms with van der Waals surface area (Å²) in [7, 11) is 0. The quantitative estimate of drug-likeness (QED) is 0.284. The molecule has 1 rings (SSSR count). The number of aliphatic imine (C=N–C) groups is 1. The third-order valence-electron chi connectivity index (χ3n) is 2.46. The maximum Gasteiger partial charge on any atom is 0.252 e. The Kier molecular flexibility index (Phi) is 10.2. The summed E-state index contributed by atoms with van der Waals surface area (Å²) in [6.07, 6.45) is 0. The molecule has 4 N–H and O–H groups in total. The summed E-state index contributed by atoms with van der Waals surface area (Å²) in [5.74, 6) is 0.663. The fourth-order valence-electron chi connectivity index (χ4n) is 1.44. The SMILES string of the molecule is CC(C)CN=C(N)NCCNC(=O)c1ccccc1Cl.I. The normalized spacial score (nSPS) is 11.0. The molecule has 0 aliphatic carbocycles. The number of carbonyl (C=O) groups excluding carboxylic acids is 1. The minimum Gasteiger partial charge on any atom is -0.370 e. The van der Waals surface area contributed by atoms with Gasteiger partial charge in [-0.15, -0.1) is 24.0 Å². The highest BCUT2D eigenvalue weighted by molar-refractivity contribution is 14.0. The number of nitrogens with two attached hydrogens (primary N) is 1. The van der Waals surface area contributed by atoms with Crippen molar-refractivity contribution in [1.29, 1.82) is 0 Å². The van der Waals surface area contributed by atoms with E-state index >= 15 is 0 Å². The number of hydrogen-bond donors (Lipinski definition) is 3. The average Bonchev–Trinajstić information content (AvgIpc) is 2.41. The predicted octanol–water partition coefficient (Wildman–Crippen LogP) is 2.25. The van der Waals surface area contributed by atoms with E-state index in [4.69, 9.17) is 17.3 Å². The molecule has 0 aromatic heterocycles. The van der Waals surface area contributed by atoms with Gasteiger partial charge in [-0.2, -0.15) is 0 Å². The van der Waals surface area contributed by atoms with E-state index in [9.17, 15) is 4.79 Å². The van der Waals surface area contributed by atoms with E-state index in [1.807, 2.05) is 0 Å². The van der Waals surface area contributed by atoms with Crippen molar-refractivity contribution in [1.82, 2.24) is 10.6 Å². The molecule has 0 heterocycles. The molecular formula is C14H22ClIN4O. The molecule has 1 amide bonds. The Hall–Kier alpha value is -1.02. The lowest BCUT2D eigenvalue weighted by Crippen LogP contribution is -2.38. The first-order valence-corrected chi connectivity index (χ1v) is 6.95. The van der Waals surface area contributed by atoms with Gasteiger partial charge in [-0.1, -0.05) is 37.6 Å². The minimum absolute atomic E-state index is 0. The molecule has 7 heteroatoms. The maximum atomic E-state index is 11.8. The van der Waals surface area contributed by atoms with Crippen LogP contribution in [-0.2, 0) is 0 Å².